The van der Waals surface area contributed by atoms with Crippen LogP contribution < -0.4 is 5.56 Å². The molecule has 0 amide bonds. The first-order valence-electron chi connectivity index (χ1n) is 8.28. The quantitative estimate of drug-likeness (QED) is 0.741. The number of nitrogens with zero attached hydrogens (tertiary/aromatic N) is 1. The van der Waals surface area contributed by atoms with E-state index in [1.54, 1.807) is 0 Å². The van der Waals surface area contributed by atoms with Crippen molar-refractivity contribution in [3.05, 3.63) is 64.4 Å². The summed E-state index contributed by atoms with van der Waals surface area (Å²) in [6, 6.07) is -2.45. The van der Waals surface area contributed by atoms with Gasteiger partial charge in [0.2, 0.25) is 0 Å². The van der Waals surface area contributed by atoms with Crippen molar-refractivity contribution >= 4 is 0 Å². The second-order valence-corrected chi connectivity index (χ2v) is 2.77. The average Bonchev–Trinajstić information content (AvgIpc) is 2.46. The summed E-state index contributed by atoms with van der Waals surface area (Å²) >= 11 is 0. The first-order valence-corrected chi connectivity index (χ1v) is 4.28. The van der Waals surface area contributed by atoms with Gasteiger partial charge in [-0.05, 0) is 24.0 Å². The monoisotopic (exact) mass is 207 g/mol. The fourth-order valence-corrected chi connectivity index (χ4v) is 1.11. The Morgan fingerprint density at radius 3 is 2.73 bits per heavy atom. The molecule has 0 aliphatic rings. The van der Waals surface area contributed by atoms with E-state index in [1.165, 1.54) is 6.92 Å². The highest BCUT2D eigenvalue weighted by atomic mass is 16.1. The van der Waals surface area contributed by atoms with E-state index in [2.05, 4.69) is 0 Å². The van der Waals surface area contributed by atoms with Gasteiger partial charge in [0.1, 0.15) is 0 Å². The van der Waals surface area contributed by atoms with Crippen LogP contribution in [-0.4, -0.2) is 4.57 Å². The predicted molar refractivity (Wildman–Crippen MR) is 61.4 cm³/mol. The van der Waals surface area contributed by atoms with E-state index in [9.17, 15) is 4.79 Å². The van der Waals surface area contributed by atoms with Crippen molar-refractivity contribution in [1.82, 2.24) is 4.57 Å². The van der Waals surface area contributed by atoms with E-state index in [-0.39, 0.29) is 5.56 Å². The molecule has 2 nitrogen and oxygen atoms in total. The Morgan fingerprint density at radius 2 is 2.07 bits per heavy atom. The number of benzene rings is 1. The highest BCUT2D eigenvalue weighted by Gasteiger charge is 1.99. The van der Waals surface area contributed by atoms with Crippen LogP contribution in [0.15, 0.2) is 53.3 Å². The summed E-state index contributed by atoms with van der Waals surface area (Å²) in [4.78, 5) is 12.2. The lowest BCUT2D eigenvalue weighted by atomic mass is 10.2. The zero-order valence-corrected chi connectivity index (χ0v) is 8.01. The topological polar surface area (TPSA) is 22.0 Å². The van der Waals surface area contributed by atoms with Crippen molar-refractivity contribution in [2.24, 2.45) is 0 Å². The first-order chi connectivity index (χ1) is 10.5. The van der Waals surface area contributed by atoms with Crippen LogP contribution in [-0.2, 0) is 6.37 Å². The first kappa shape index (κ1) is 3.97. The normalized spacial score (nSPS) is 18.7. The summed E-state index contributed by atoms with van der Waals surface area (Å²) in [6.07, 6.45) is -0.799. The van der Waals surface area contributed by atoms with Gasteiger partial charge in [0.05, 0.1) is 8.22 Å². The second kappa shape index (κ2) is 4.13. The van der Waals surface area contributed by atoms with E-state index in [4.69, 9.17) is 11.0 Å². The number of pyridine rings is 1. The van der Waals surface area contributed by atoms with Crippen molar-refractivity contribution in [2.45, 2.75) is 13.3 Å². The molecule has 0 radical (unpaired) electrons. The standard InChI is InChI=1S/C13H13NO/c1-2-11-8-9-13(15)14(10-11)12-6-4-3-5-7-12/h3-10H,2H2,1H3/i2D2,3D,4D,5D,6D,7D,9D. The lowest BCUT2D eigenvalue weighted by Crippen LogP contribution is -2.16. The Hall–Kier alpha value is -1.83. The molecule has 0 fully saturated rings. The second-order valence-electron chi connectivity index (χ2n) is 2.77. The minimum Gasteiger partial charge on any atom is -0.284 e. The SMILES string of the molecule is [2H]c1c([2H])c([2H])c(-n2cc(C([2H])([2H])C)cc([2H])c2=O)c([2H])c1[2H]. The third-order valence-corrected chi connectivity index (χ3v) is 1.85. The zero-order chi connectivity index (χ0) is 17.7. The Morgan fingerprint density at radius 1 is 1.33 bits per heavy atom. The van der Waals surface area contributed by atoms with Gasteiger partial charge in [-0.2, -0.15) is 0 Å². The van der Waals surface area contributed by atoms with Gasteiger partial charge in [-0.25, -0.2) is 0 Å². The Kier molecular flexibility index (Phi) is 1.09. The largest absolute Gasteiger partial charge is 0.284 e. The van der Waals surface area contributed by atoms with Crippen molar-refractivity contribution in [3.8, 4) is 5.69 Å². The fourth-order valence-electron chi connectivity index (χ4n) is 1.11. The minimum atomic E-state index is -1.86. The molecule has 0 spiro atoms. The Balaban J connectivity index is 2.94. The maximum atomic E-state index is 12.2. The number of aryl methyl sites for hydroxylation is 1. The Bertz CT molecular complexity index is 824. The number of hydrogen-bond donors (Lipinski definition) is 0. The van der Waals surface area contributed by atoms with Crippen LogP contribution in [0.4, 0.5) is 0 Å². The van der Waals surface area contributed by atoms with Crippen molar-refractivity contribution in [1.29, 1.82) is 0 Å². The van der Waals surface area contributed by atoms with Gasteiger partial charge in [0.25, 0.3) is 5.56 Å². The van der Waals surface area contributed by atoms with Gasteiger partial charge in [-0.3, -0.25) is 9.36 Å². The fraction of sp³-hybridized carbons (Fsp3) is 0.154. The molecule has 0 aliphatic heterocycles. The summed E-state index contributed by atoms with van der Waals surface area (Å²) < 4.78 is 62.4. The molecule has 0 bridgehead atoms. The molecule has 0 saturated heterocycles. The summed E-state index contributed by atoms with van der Waals surface area (Å²) in [5, 5.41) is 0. The van der Waals surface area contributed by atoms with Crippen molar-refractivity contribution < 1.29 is 11.0 Å². The Labute approximate surface area is 100 Å². The smallest absolute Gasteiger partial charge is 0.255 e. The number of aromatic nitrogens is 1. The molecule has 1 heterocycles. The molecule has 1 aromatic heterocycles. The van der Waals surface area contributed by atoms with E-state index in [0.717, 1.165) is 16.8 Å². The molecular formula is C13H13NO. The van der Waals surface area contributed by atoms with Crippen LogP contribution in [0.2, 0.25) is 0 Å². The molecule has 0 saturated carbocycles. The van der Waals surface area contributed by atoms with Gasteiger partial charge < -0.3 is 0 Å². The highest BCUT2D eigenvalue weighted by Crippen LogP contribution is 2.05. The van der Waals surface area contributed by atoms with Gasteiger partial charge in [-0.15, -0.1) is 0 Å². The van der Waals surface area contributed by atoms with Crippen LogP contribution >= 0.6 is 0 Å². The molecule has 0 aliphatic carbocycles. The molecule has 2 heteroatoms. The van der Waals surface area contributed by atoms with Gasteiger partial charge in [-0.1, -0.05) is 31.1 Å². The third-order valence-electron chi connectivity index (χ3n) is 1.85. The molecule has 0 unspecified atom stereocenters. The van der Waals surface area contributed by atoms with Crippen LogP contribution in [0.3, 0.4) is 0 Å². The predicted octanol–water partition coefficient (Wildman–Crippen LogP) is 2.40. The molecule has 2 rings (SSSR count). The molecule has 76 valence electrons. The van der Waals surface area contributed by atoms with Crippen LogP contribution in [0.25, 0.3) is 5.69 Å². The number of hydrogen-bond acceptors (Lipinski definition) is 1. The van der Waals surface area contributed by atoms with Crippen LogP contribution in [0, 0.1) is 0 Å². The lowest BCUT2D eigenvalue weighted by Gasteiger charge is -2.06. The molecule has 1 aromatic carbocycles. The number of rotatable bonds is 2. The number of para-hydroxylation sites is 1. The summed E-state index contributed by atoms with van der Waals surface area (Å²) in [5.74, 6) is 0. The lowest BCUT2D eigenvalue weighted by molar-refractivity contribution is 0.953. The average molecular weight is 207 g/mol. The maximum absolute atomic E-state index is 12.2. The molecule has 0 N–H and O–H groups in total. The van der Waals surface area contributed by atoms with Gasteiger partial charge >= 0.3 is 0 Å². The van der Waals surface area contributed by atoms with Crippen LogP contribution in [0.1, 0.15) is 23.5 Å². The van der Waals surface area contributed by atoms with Crippen molar-refractivity contribution in [3.63, 3.8) is 0 Å². The summed E-state index contributed by atoms with van der Waals surface area (Å²) in [5.41, 5.74) is -1.30. The maximum Gasteiger partial charge on any atom is 0.255 e. The highest BCUT2D eigenvalue weighted by molar-refractivity contribution is 5.32. The molecule has 15 heavy (non-hydrogen) atoms. The third kappa shape index (κ3) is 1.99. The zero-order valence-electron chi connectivity index (χ0n) is 16.0. The van der Waals surface area contributed by atoms with Gasteiger partial charge in [0, 0.05) is 20.7 Å². The summed E-state index contributed by atoms with van der Waals surface area (Å²) in [6.45, 7) is 1.23. The molecule has 2 aromatic rings. The van der Waals surface area contributed by atoms with E-state index < -0.39 is 53.9 Å². The summed E-state index contributed by atoms with van der Waals surface area (Å²) in [7, 11) is 0. The minimum absolute atomic E-state index is 0.00564. The van der Waals surface area contributed by atoms with E-state index in [1.807, 2.05) is 0 Å². The van der Waals surface area contributed by atoms with E-state index in [0.29, 0.717) is 0 Å². The molecule has 0 atom stereocenters. The van der Waals surface area contributed by atoms with Crippen molar-refractivity contribution in [2.75, 3.05) is 0 Å². The van der Waals surface area contributed by atoms with Gasteiger partial charge in [0.15, 0.2) is 0 Å². The van der Waals surface area contributed by atoms with E-state index >= 15 is 0 Å². The molecular weight excluding hydrogens is 186 g/mol. The van der Waals surface area contributed by atoms with Crippen LogP contribution in [0.5, 0.6) is 0 Å².